The minimum atomic E-state index is -0.701. The van der Waals surface area contributed by atoms with Crippen LogP contribution in [0.3, 0.4) is 0 Å². The number of methoxy groups -OCH3 is 1. The number of ether oxygens (including phenoxy) is 1. The number of aromatic nitrogens is 1. The number of rotatable bonds is 3. The summed E-state index contributed by atoms with van der Waals surface area (Å²) in [6.45, 7) is 0. The highest BCUT2D eigenvalue weighted by atomic mass is 16.5. The van der Waals surface area contributed by atoms with E-state index in [-0.39, 0.29) is 22.9 Å². The van der Waals surface area contributed by atoms with E-state index >= 15 is 0 Å². The summed E-state index contributed by atoms with van der Waals surface area (Å²) >= 11 is 0. The third-order valence-electron chi connectivity index (χ3n) is 3.72. The summed E-state index contributed by atoms with van der Waals surface area (Å²) in [5, 5.41) is 28.0. The molecule has 3 rings (SSSR count). The van der Waals surface area contributed by atoms with Gasteiger partial charge in [0.05, 0.1) is 18.2 Å². The fourth-order valence-corrected chi connectivity index (χ4v) is 2.42. The molecule has 0 fully saturated rings. The van der Waals surface area contributed by atoms with Crippen molar-refractivity contribution in [1.29, 1.82) is 0 Å². The lowest BCUT2D eigenvalue weighted by molar-refractivity contribution is 0.0992. The lowest BCUT2D eigenvalue weighted by atomic mass is 10.2. The lowest BCUT2D eigenvalue weighted by Gasteiger charge is -2.00. The summed E-state index contributed by atoms with van der Waals surface area (Å²) in [6.07, 6.45) is 0. The zero-order chi connectivity index (χ0) is 17.3. The van der Waals surface area contributed by atoms with Crippen LogP contribution in [0.2, 0.25) is 0 Å². The second-order valence-corrected chi connectivity index (χ2v) is 5.14. The molecule has 2 N–H and O–H groups in total. The second-order valence-electron chi connectivity index (χ2n) is 5.14. The van der Waals surface area contributed by atoms with Gasteiger partial charge in [-0.05, 0) is 30.3 Å². The maximum absolute atomic E-state index is 12.1. The summed E-state index contributed by atoms with van der Waals surface area (Å²) in [4.78, 5) is 12.1. The monoisotopic (exact) mass is 325 g/mol. The fraction of sp³-hybridized carbons (Fsp3) is 0.118. The number of carbonyl (C=O) groups excluding carboxylic acids is 1. The van der Waals surface area contributed by atoms with E-state index in [2.05, 4.69) is 10.2 Å². The van der Waals surface area contributed by atoms with Crippen LogP contribution in [-0.2, 0) is 7.05 Å². The third kappa shape index (κ3) is 2.56. The Morgan fingerprint density at radius 1 is 1.17 bits per heavy atom. The van der Waals surface area contributed by atoms with Gasteiger partial charge in [0.1, 0.15) is 11.5 Å². The summed E-state index contributed by atoms with van der Waals surface area (Å²) in [5.41, 5.74) is 0.922. The van der Waals surface area contributed by atoms with Crippen molar-refractivity contribution in [2.75, 3.05) is 7.11 Å². The largest absolute Gasteiger partial charge is 0.507 e. The molecule has 2 aromatic carbocycles. The van der Waals surface area contributed by atoms with Crippen LogP contribution < -0.4 is 4.74 Å². The second kappa shape index (κ2) is 6.04. The Balaban J connectivity index is 2.05. The van der Waals surface area contributed by atoms with Crippen LogP contribution in [-0.4, -0.2) is 27.8 Å². The first-order valence-electron chi connectivity index (χ1n) is 7.12. The van der Waals surface area contributed by atoms with Crippen molar-refractivity contribution in [3.05, 3.63) is 48.0 Å². The summed E-state index contributed by atoms with van der Waals surface area (Å²) in [6, 6.07) is 11.3. The Labute approximate surface area is 137 Å². The number of amides is 1. The van der Waals surface area contributed by atoms with E-state index < -0.39 is 5.91 Å². The van der Waals surface area contributed by atoms with Gasteiger partial charge in [-0.15, -0.1) is 10.2 Å². The lowest BCUT2D eigenvalue weighted by Crippen LogP contribution is -1.93. The van der Waals surface area contributed by atoms with Crippen molar-refractivity contribution in [1.82, 2.24) is 4.57 Å². The van der Waals surface area contributed by atoms with Gasteiger partial charge in [0, 0.05) is 12.4 Å². The number of phenols is 1. The number of carbonyl (C=O) groups is 1. The molecular weight excluding hydrogens is 310 g/mol. The van der Waals surface area contributed by atoms with Crippen LogP contribution >= 0.6 is 0 Å². The molecular formula is C17H15N3O4. The molecule has 7 nitrogen and oxygen atoms in total. The SMILES string of the molecule is COc1ccc2c(c1)c(N=NC(=O)c1ccccc1O)c(O)n2C. The van der Waals surface area contributed by atoms with Gasteiger partial charge in [-0.1, -0.05) is 12.1 Å². The van der Waals surface area contributed by atoms with Crippen LogP contribution in [0.1, 0.15) is 10.4 Å². The minimum absolute atomic E-state index is 0.0403. The Morgan fingerprint density at radius 2 is 1.92 bits per heavy atom. The van der Waals surface area contributed by atoms with Gasteiger partial charge in [-0.3, -0.25) is 4.79 Å². The Hall–Kier alpha value is -3.35. The van der Waals surface area contributed by atoms with Crippen LogP contribution in [0.4, 0.5) is 5.69 Å². The van der Waals surface area contributed by atoms with Crippen molar-refractivity contribution in [2.45, 2.75) is 0 Å². The highest BCUT2D eigenvalue weighted by Crippen LogP contribution is 2.39. The number of para-hydroxylation sites is 1. The molecule has 0 saturated heterocycles. The van der Waals surface area contributed by atoms with Crippen LogP contribution in [0, 0.1) is 0 Å². The summed E-state index contributed by atoms with van der Waals surface area (Å²) in [7, 11) is 3.21. The van der Waals surface area contributed by atoms with Crippen LogP contribution in [0.5, 0.6) is 17.4 Å². The molecule has 0 saturated carbocycles. The summed E-state index contributed by atoms with van der Waals surface area (Å²) < 4.78 is 6.71. The van der Waals surface area contributed by atoms with Gasteiger partial charge in [0.25, 0.3) is 5.91 Å². The summed E-state index contributed by atoms with van der Waals surface area (Å²) in [5.74, 6) is -0.402. The maximum Gasteiger partial charge on any atom is 0.299 e. The number of nitrogens with zero attached hydrogens (tertiary/aromatic N) is 3. The molecule has 1 amide bonds. The van der Waals surface area contributed by atoms with E-state index in [1.54, 1.807) is 37.4 Å². The van der Waals surface area contributed by atoms with Gasteiger partial charge in [0.15, 0.2) is 5.69 Å². The fourth-order valence-electron chi connectivity index (χ4n) is 2.42. The van der Waals surface area contributed by atoms with Crippen molar-refractivity contribution in [3.63, 3.8) is 0 Å². The predicted molar refractivity (Wildman–Crippen MR) is 88.1 cm³/mol. The van der Waals surface area contributed by atoms with Gasteiger partial charge < -0.3 is 19.5 Å². The van der Waals surface area contributed by atoms with E-state index in [9.17, 15) is 15.0 Å². The number of aryl methyl sites for hydroxylation is 1. The van der Waals surface area contributed by atoms with Crippen molar-refractivity contribution < 1.29 is 19.7 Å². The number of phenolic OH excluding ortho intramolecular Hbond substituents is 1. The first-order valence-corrected chi connectivity index (χ1v) is 7.12. The van der Waals surface area contributed by atoms with Crippen LogP contribution in [0.25, 0.3) is 10.9 Å². The Bertz CT molecular complexity index is 960. The maximum atomic E-state index is 12.1. The van der Waals surface area contributed by atoms with Crippen LogP contribution in [0.15, 0.2) is 52.7 Å². The van der Waals surface area contributed by atoms with Crippen molar-refractivity contribution in [3.8, 4) is 17.4 Å². The number of azo groups is 1. The molecule has 0 atom stereocenters. The average molecular weight is 325 g/mol. The number of fused-ring (bicyclic) bond motifs is 1. The quantitative estimate of drug-likeness (QED) is 0.720. The first kappa shape index (κ1) is 15.5. The minimum Gasteiger partial charge on any atom is -0.507 e. The topological polar surface area (TPSA) is 96.4 Å². The molecule has 24 heavy (non-hydrogen) atoms. The zero-order valence-electron chi connectivity index (χ0n) is 13.1. The number of hydrogen-bond donors (Lipinski definition) is 2. The van der Waals surface area contributed by atoms with Crippen molar-refractivity contribution >= 4 is 22.5 Å². The molecule has 7 heteroatoms. The number of benzene rings is 2. The van der Waals surface area contributed by atoms with E-state index in [0.717, 1.165) is 5.52 Å². The van der Waals surface area contributed by atoms with Gasteiger partial charge in [0.2, 0.25) is 5.88 Å². The van der Waals surface area contributed by atoms with Crippen molar-refractivity contribution in [2.24, 2.45) is 17.3 Å². The van der Waals surface area contributed by atoms with Gasteiger partial charge in [-0.25, -0.2) is 0 Å². The smallest absolute Gasteiger partial charge is 0.299 e. The van der Waals surface area contributed by atoms with Gasteiger partial charge >= 0.3 is 0 Å². The number of aromatic hydroxyl groups is 2. The highest BCUT2D eigenvalue weighted by Gasteiger charge is 2.16. The molecule has 0 aliphatic rings. The molecule has 1 aromatic heterocycles. The molecule has 0 radical (unpaired) electrons. The normalized spacial score (nSPS) is 11.2. The molecule has 0 aliphatic carbocycles. The van der Waals surface area contributed by atoms with E-state index in [4.69, 9.17) is 4.74 Å². The molecule has 3 aromatic rings. The van der Waals surface area contributed by atoms with E-state index in [1.165, 1.54) is 23.8 Å². The third-order valence-corrected chi connectivity index (χ3v) is 3.72. The molecule has 0 aliphatic heterocycles. The predicted octanol–water partition coefficient (Wildman–Crippen LogP) is 3.52. The van der Waals surface area contributed by atoms with E-state index in [0.29, 0.717) is 11.1 Å². The Morgan fingerprint density at radius 3 is 2.62 bits per heavy atom. The molecule has 0 unspecified atom stereocenters. The average Bonchev–Trinajstić information content (AvgIpc) is 2.83. The zero-order valence-corrected chi connectivity index (χ0v) is 13.1. The number of hydrogen-bond acceptors (Lipinski definition) is 5. The molecule has 0 bridgehead atoms. The standard InChI is InChI=1S/C17H15N3O4/c1-20-13-8-7-10(24-2)9-12(13)15(17(20)23)18-19-16(22)11-5-3-4-6-14(11)21/h3-9,21,23H,1-2H3. The van der Waals surface area contributed by atoms with E-state index in [1.807, 2.05) is 0 Å². The molecule has 122 valence electrons. The highest BCUT2D eigenvalue weighted by molar-refractivity contribution is 5.99. The first-order chi connectivity index (χ1) is 11.5. The molecule has 1 heterocycles. The molecule has 0 spiro atoms. The van der Waals surface area contributed by atoms with Gasteiger partial charge in [-0.2, -0.15) is 0 Å². The Kier molecular flexibility index (Phi) is 3.91.